The number of benzene rings is 1. The van der Waals surface area contributed by atoms with Gasteiger partial charge in [0.1, 0.15) is 5.58 Å². The van der Waals surface area contributed by atoms with Gasteiger partial charge in [0.05, 0.1) is 6.54 Å². The number of rotatable bonds is 5. The van der Waals surface area contributed by atoms with Crippen molar-refractivity contribution < 1.29 is 18.0 Å². The fraction of sp³-hybridized carbons (Fsp3) is 0.308. The van der Waals surface area contributed by atoms with E-state index in [1.807, 2.05) is 6.07 Å². The Morgan fingerprint density at radius 1 is 1.37 bits per heavy atom. The quantitative estimate of drug-likeness (QED) is 0.785. The van der Waals surface area contributed by atoms with Crippen LogP contribution in [0, 0.1) is 0 Å². The van der Waals surface area contributed by atoms with Gasteiger partial charge in [-0.2, -0.15) is 0 Å². The molecule has 0 aliphatic rings. The lowest BCUT2D eigenvalue weighted by Crippen LogP contribution is -2.36. The van der Waals surface area contributed by atoms with Gasteiger partial charge < -0.3 is 9.32 Å². The summed E-state index contributed by atoms with van der Waals surface area (Å²) in [5.74, 6) is -0.432. The Labute approximate surface area is 117 Å². The van der Waals surface area contributed by atoms with E-state index >= 15 is 0 Å². The Kier molecular flexibility index (Phi) is 4.52. The highest BCUT2D eigenvalue weighted by atomic mass is 79.9. The third-order valence-corrected chi connectivity index (χ3v) is 2.99. The van der Waals surface area contributed by atoms with E-state index < -0.39 is 18.9 Å². The fourth-order valence-electron chi connectivity index (χ4n) is 1.79. The average molecular weight is 332 g/mol. The van der Waals surface area contributed by atoms with E-state index in [2.05, 4.69) is 15.9 Å². The van der Waals surface area contributed by atoms with Gasteiger partial charge in [-0.25, -0.2) is 8.78 Å². The molecular formula is C13H12BrF2NO2. The van der Waals surface area contributed by atoms with Gasteiger partial charge in [0, 0.05) is 17.3 Å². The van der Waals surface area contributed by atoms with Crippen LogP contribution in [0.3, 0.4) is 0 Å². The molecule has 1 amide bonds. The lowest BCUT2D eigenvalue weighted by Gasteiger charge is -2.19. The third kappa shape index (κ3) is 3.32. The monoisotopic (exact) mass is 331 g/mol. The second-order valence-electron chi connectivity index (χ2n) is 3.98. The molecule has 0 saturated carbocycles. The fourth-order valence-corrected chi connectivity index (χ4v) is 2.22. The minimum Gasteiger partial charge on any atom is -0.451 e. The van der Waals surface area contributed by atoms with E-state index in [9.17, 15) is 13.6 Å². The SMILES string of the molecule is O=C(c1cc2ccccc2o1)N(CCBr)CC(F)F. The van der Waals surface area contributed by atoms with Crippen molar-refractivity contribution in [3.05, 3.63) is 36.1 Å². The number of carbonyl (C=O) groups excluding carboxylic acids is 1. The van der Waals surface area contributed by atoms with Gasteiger partial charge in [0.15, 0.2) is 5.76 Å². The molecule has 0 unspecified atom stereocenters. The van der Waals surface area contributed by atoms with Gasteiger partial charge in [-0.15, -0.1) is 0 Å². The van der Waals surface area contributed by atoms with Crippen LogP contribution in [0.5, 0.6) is 0 Å². The minimum absolute atomic E-state index is 0.0859. The molecule has 0 atom stereocenters. The predicted octanol–water partition coefficient (Wildman–Crippen LogP) is 3.54. The number of furan rings is 1. The van der Waals surface area contributed by atoms with Crippen molar-refractivity contribution in [1.82, 2.24) is 4.90 Å². The van der Waals surface area contributed by atoms with E-state index in [1.54, 1.807) is 24.3 Å². The number of nitrogens with zero attached hydrogens (tertiary/aromatic N) is 1. The lowest BCUT2D eigenvalue weighted by molar-refractivity contribution is 0.0547. The smallest absolute Gasteiger partial charge is 0.289 e. The summed E-state index contributed by atoms with van der Waals surface area (Å²) in [6.07, 6.45) is -2.56. The largest absolute Gasteiger partial charge is 0.451 e. The number of alkyl halides is 3. The molecule has 0 saturated heterocycles. The van der Waals surface area contributed by atoms with Crippen molar-refractivity contribution in [2.24, 2.45) is 0 Å². The number of amides is 1. The summed E-state index contributed by atoms with van der Waals surface area (Å²) in [5, 5.41) is 1.22. The molecule has 2 rings (SSSR count). The molecule has 0 fully saturated rings. The van der Waals surface area contributed by atoms with Gasteiger partial charge in [-0.1, -0.05) is 34.1 Å². The number of hydrogen-bond acceptors (Lipinski definition) is 2. The molecule has 6 heteroatoms. The molecular weight excluding hydrogens is 320 g/mol. The molecule has 19 heavy (non-hydrogen) atoms. The zero-order valence-corrected chi connectivity index (χ0v) is 11.6. The molecule has 1 heterocycles. The molecule has 1 aromatic heterocycles. The van der Waals surface area contributed by atoms with Crippen LogP contribution in [0.2, 0.25) is 0 Å². The number of para-hydroxylation sites is 1. The Hall–Kier alpha value is -1.43. The van der Waals surface area contributed by atoms with Crippen molar-refractivity contribution in [1.29, 1.82) is 0 Å². The summed E-state index contributed by atoms with van der Waals surface area (Å²) >= 11 is 3.15. The third-order valence-electron chi connectivity index (χ3n) is 2.64. The number of fused-ring (bicyclic) bond motifs is 1. The molecule has 3 nitrogen and oxygen atoms in total. The van der Waals surface area contributed by atoms with E-state index in [1.165, 1.54) is 0 Å². The molecule has 0 spiro atoms. The van der Waals surface area contributed by atoms with Crippen LogP contribution in [0.25, 0.3) is 11.0 Å². The van der Waals surface area contributed by atoms with Gasteiger partial charge in [0.25, 0.3) is 12.3 Å². The maximum Gasteiger partial charge on any atom is 0.289 e. The first-order valence-electron chi connectivity index (χ1n) is 5.74. The molecule has 102 valence electrons. The second-order valence-corrected chi connectivity index (χ2v) is 4.77. The summed E-state index contributed by atoms with van der Waals surface area (Å²) in [6, 6.07) is 8.72. The molecule has 0 N–H and O–H groups in total. The highest BCUT2D eigenvalue weighted by molar-refractivity contribution is 9.09. The van der Waals surface area contributed by atoms with Crippen LogP contribution in [0.4, 0.5) is 8.78 Å². The van der Waals surface area contributed by atoms with Crippen molar-refractivity contribution in [2.75, 3.05) is 18.4 Å². The first-order valence-corrected chi connectivity index (χ1v) is 6.86. The summed E-state index contributed by atoms with van der Waals surface area (Å²) in [5.41, 5.74) is 0.571. The molecule has 0 aliphatic heterocycles. The van der Waals surface area contributed by atoms with Crippen LogP contribution < -0.4 is 0 Å². The first kappa shape index (κ1) is 14.0. The molecule has 0 aliphatic carbocycles. The Bertz CT molecular complexity index is 538. The van der Waals surface area contributed by atoms with Crippen LogP contribution in [0.1, 0.15) is 10.6 Å². The Morgan fingerprint density at radius 3 is 2.74 bits per heavy atom. The van der Waals surface area contributed by atoms with Crippen LogP contribution in [-0.4, -0.2) is 35.7 Å². The predicted molar refractivity (Wildman–Crippen MR) is 71.9 cm³/mol. The van der Waals surface area contributed by atoms with Crippen molar-refractivity contribution in [2.45, 2.75) is 6.43 Å². The second kappa shape index (κ2) is 6.14. The van der Waals surface area contributed by atoms with E-state index in [0.29, 0.717) is 10.9 Å². The van der Waals surface area contributed by atoms with Gasteiger partial charge >= 0.3 is 0 Å². The number of hydrogen-bond donors (Lipinski definition) is 0. The highest BCUT2D eigenvalue weighted by Gasteiger charge is 2.22. The summed E-state index contributed by atoms with van der Waals surface area (Å²) in [4.78, 5) is 13.2. The average Bonchev–Trinajstić information content (AvgIpc) is 2.80. The van der Waals surface area contributed by atoms with E-state index in [4.69, 9.17) is 4.42 Å². The molecule has 0 radical (unpaired) electrons. The van der Waals surface area contributed by atoms with Gasteiger partial charge in [-0.05, 0) is 12.1 Å². The number of carbonyl (C=O) groups is 1. The lowest BCUT2D eigenvalue weighted by atomic mass is 10.2. The normalized spacial score (nSPS) is 11.2. The summed E-state index contributed by atoms with van der Waals surface area (Å²) in [7, 11) is 0. The van der Waals surface area contributed by atoms with Crippen molar-refractivity contribution in [3.63, 3.8) is 0 Å². The zero-order chi connectivity index (χ0) is 13.8. The zero-order valence-electron chi connectivity index (χ0n) is 9.98. The maximum atomic E-state index is 12.4. The van der Waals surface area contributed by atoms with Gasteiger partial charge in [-0.3, -0.25) is 4.79 Å². The van der Waals surface area contributed by atoms with Crippen LogP contribution in [-0.2, 0) is 0 Å². The number of halogens is 3. The van der Waals surface area contributed by atoms with Crippen molar-refractivity contribution in [3.8, 4) is 0 Å². The van der Waals surface area contributed by atoms with Crippen molar-refractivity contribution >= 4 is 32.8 Å². The van der Waals surface area contributed by atoms with Crippen LogP contribution >= 0.6 is 15.9 Å². The topological polar surface area (TPSA) is 33.5 Å². The van der Waals surface area contributed by atoms with Crippen LogP contribution in [0.15, 0.2) is 34.7 Å². The summed E-state index contributed by atoms with van der Waals surface area (Å²) in [6.45, 7) is -0.387. The van der Waals surface area contributed by atoms with E-state index in [0.717, 1.165) is 10.3 Å². The molecule has 1 aromatic carbocycles. The minimum atomic E-state index is -2.56. The summed E-state index contributed by atoms with van der Waals surface area (Å²) < 4.78 is 30.3. The van der Waals surface area contributed by atoms with E-state index in [-0.39, 0.29) is 12.3 Å². The Morgan fingerprint density at radius 2 is 2.11 bits per heavy atom. The standard InChI is InChI=1S/C13H12BrF2NO2/c14-5-6-17(8-12(15)16)13(18)11-7-9-3-1-2-4-10(9)19-11/h1-4,7,12H,5-6,8H2. The van der Waals surface area contributed by atoms with Gasteiger partial charge in [0.2, 0.25) is 0 Å². The first-order chi connectivity index (χ1) is 9.11. The maximum absolute atomic E-state index is 12.4. The molecule has 2 aromatic rings. The molecule has 0 bridgehead atoms. The Balaban J connectivity index is 2.24. The highest BCUT2D eigenvalue weighted by Crippen LogP contribution is 2.20.